The summed E-state index contributed by atoms with van der Waals surface area (Å²) in [5, 5.41) is 0. The molecule has 0 saturated carbocycles. The third-order valence-electron chi connectivity index (χ3n) is 2.49. The minimum Gasteiger partial charge on any atom is -0.372 e. The average Bonchev–Trinajstić information content (AvgIpc) is 2.56. The first kappa shape index (κ1) is 9.84. The highest BCUT2D eigenvalue weighted by Crippen LogP contribution is 2.34. The van der Waals surface area contributed by atoms with Gasteiger partial charge in [0.2, 0.25) is 0 Å². The molecule has 2 nitrogen and oxygen atoms in total. The van der Waals surface area contributed by atoms with Crippen LogP contribution in [0.25, 0.3) is 0 Å². The van der Waals surface area contributed by atoms with E-state index in [0.29, 0.717) is 5.75 Å². The van der Waals surface area contributed by atoms with Gasteiger partial charge in [0.1, 0.15) is 0 Å². The summed E-state index contributed by atoms with van der Waals surface area (Å²) < 4.78 is 0. The molecule has 0 aliphatic carbocycles. The molecule has 0 aromatic rings. The van der Waals surface area contributed by atoms with Crippen LogP contribution in [-0.4, -0.2) is 29.5 Å². The maximum Gasteiger partial charge on any atom is 0.166 e. The molecule has 2 aliphatic heterocycles. The van der Waals surface area contributed by atoms with Gasteiger partial charge >= 0.3 is 0 Å². The number of unbranched alkanes of at least 4 members (excludes halogenated alkanes) is 1. The lowest BCUT2D eigenvalue weighted by Gasteiger charge is -2.14. The van der Waals surface area contributed by atoms with Crippen LogP contribution in [0.3, 0.4) is 0 Å². The maximum atomic E-state index is 11.2. The van der Waals surface area contributed by atoms with Crippen molar-refractivity contribution in [1.29, 1.82) is 0 Å². The van der Waals surface area contributed by atoms with Gasteiger partial charge in [0.15, 0.2) is 5.78 Å². The fourth-order valence-electron chi connectivity index (χ4n) is 1.73. The van der Waals surface area contributed by atoms with Gasteiger partial charge in [-0.2, -0.15) is 0 Å². The summed E-state index contributed by atoms with van der Waals surface area (Å²) in [7, 11) is 0. The molecule has 0 fully saturated rings. The van der Waals surface area contributed by atoms with Crippen LogP contribution in [0.5, 0.6) is 0 Å². The molecule has 0 atom stereocenters. The van der Waals surface area contributed by atoms with Crippen molar-refractivity contribution in [3.63, 3.8) is 0 Å². The molecule has 0 amide bonds. The van der Waals surface area contributed by atoms with Crippen molar-refractivity contribution >= 4 is 17.5 Å². The number of fused-ring (bicyclic) bond motifs is 1. The molecule has 0 aromatic heterocycles. The first-order valence-electron chi connectivity index (χ1n) is 5.12. The van der Waals surface area contributed by atoms with Crippen molar-refractivity contribution in [3.8, 4) is 0 Å². The van der Waals surface area contributed by atoms with Crippen LogP contribution >= 0.6 is 11.8 Å². The van der Waals surface area contributed by atoms with Gasteiger partial charge in [0.25, 0.3) is 0 Å². The summed E-state index contributed by atoms with van der Waals surface area (Å²) in [5.74, 6) is 0.885. The quantitative estimate of drug-likeness (QED) is 0.710. The first-order chi connectivity index (χ1) is 6.79. The van der Waals surface area contributed by atoms with E-state index in [9.17, 15) is 4.79 Å². The minimum absolute atomic E-state index is 0.263. The van der Waals surface area contributed by atoms with Gasteiger partial charge < -0.3 is 4.90 Å². The Morgan fingerprint density at radius 3 is 3.21 bits per heavy atom. The molecule has 2 heterocycles. The molecule has 0 aromatic carbocycles. The Morgan fingerprint density at radius 1 is 1.57 bits per heavy atom. The number of thioether (sulfide) groups is 1. The second kappa shape index (κ2) is 4.22. The normalized spacial score (nSPS) is 20.6. The molecule has 76 valence electrons. The number of rotatable bonds is 3. The van der Waals surface area contributed by atoms with Crippen molar-refractivity contribution in [2.75, 3.05) is 18.8 Å². The van der Waals surface area contributed by atoms with E-state index in [1.807, 2.05) is 6.08 Å². The van der Waals surface area contributed by atoms with Crippen LogP contribution in [0.1, 0.15) is 19.8 Å². The Bertz CT molecular complexity index is 306. The van der Waals surface area contributed by atoms with Crippen LogP contribution < -0.4 is 0 Å². The Labute approximate surface area is 89.0 Å². The molecule has 0 spiro atoms. The van der Waals surface area contributed by atoms with Crippen molar-refractivity contribution in [1.82, 2.24) is 4.90 Å². The van der Waals surface area contributed by atoms with Crippen LogP contribution in [0.4, 0.5) is 0 Å². The number of carbonyl (C=O) groups is 1. The number of ketones is 1. The van der Waals surface area contributed by atoms with E-state index in [4.69, 9.17) is 0 Å². The Morgan fingerprint density at radius 2 is 2.43 bits per heavy atom. The number of hydrogen-bond donors (Lipinski definition) is 0. The lowest BCUT2D eigenvalue weighted by molar-refractivity contribution is -0.112. The van der Waals surface area contributed by atoms with Crippen molar-refractivity contribution in [2.45, 2.75) is 19.8 Å². The van der Waals surface area contributed by atoms with Gasteiger partial charge in [0.05, 0.1) is 5.75 Å². The Hall–Kier alpha value is -0.700. The van der Waals surface area contributed by atoms with Crippen LogP contribution in [-0.2, 0) is 4.79 Å². The van der Waals surface area contributed by atoms with Gasteiger partial charge in [-0.05, 0) is 18.1 Å². The molecule has 0 N–H and O–H groups in total. The van der Waals surface area contributed by atoms with Crippen LogP contribution in [0.2, 0.25) is 0 Å². The largest absolute Gasteiger partial charge is 0.372 e. The number of hydrogen-bond acceptors (Lipinski definition) is 3. The predicted molar refractivity (Wildman–Crippen MR) is 60.1 cm³/mol. The molecule has 2 aliphatic rings. The third-order valence-corrected chi connectivity index (χ3v) is 3.60. The zero-order valence-corrected chi connectivity index (χ0v) is 9.27. The van der Waals surface area contributed by atoms with Crippen molar-refractivity contribution in [3.05, 3.63) is 22.8 Å². The van der Waals surface area contributed by atoms with Gasteiger partial charge in [0, 0.05) is 24.2 Å². The molecular weight excluding hydrogens is 194 g/mol. The third kappa shape index (κ3) is 2.03. The molecule has 3 heteroatoms. The topological polar surface area (TPSA) is 20.3 Å². The number of allylic oxidation sites excluding steroid dienone is 1. The standard InChI is InChI=1S/C11H15NOS/c1-2-3-4-12-6-9-5-10(13)8-14-11(9)7-12/h5,7H,2-4,6,8H2,1H3. The highest BCUT2D eigenvalue weighted by atomic mass is 32.2. The van der Waals surface area contributed by atoms with Crippen LogP contribution in [0, 0.1) is 0 Å². The number of carbonyl (C=O) groups excluding carboxylic acids is 1. The fraction of sp³-hybridized carbons (Fsp3) is 0.545. The zero-order chi connectivity index (χ0) is 9.97. The van der Waals surface area contributed by atoms with Gasteiger partial charge in [-0.3, -0.25) is 4.79 Å². The zero-order valence-electron chi connectivity index (χ0n) is 8.45. The second-order valence-electron chi connectivity index (χ2n) is 3.74. The molecule has 0 unspecified atom stereocenters. The smallest absolute Gasteiger partial charge is 0.166 e. The number of nitrogens with zero attached hydrogens (tertiary/aromatic N) is 1. The summed E-state index contributed by atoms with van der Waals surface area (Å²) in [4.78, 5) is 14.8. The molecule has 0 bridgehead atoms. The van der Waals surface area contributed by atoms with E-state index in [2.05, 4.69) is 18.0 Å². The van der Waals surface area contributed by atoms with Crippen molar-refractivity contribution in [2.24, 2.45) is 0 Å². The van der Waals surface area contributed by atoms with E-state index >= 15 is 0 Å². The second-order valence-corrected chi connectivity index (χ2v) is 4.76. The summed E-state index contributed by atoms with van der Waals surface area (Å²) in [6, 6.07) is 0. The van der Waals surface area contributed by atoms with Gasteiger partial charge in [-0.25, -0.2) is 0 Å². The Kier molecular flexibility index (Phi) is 2.96. The highest BCUT2D eigenvalue weighted by Gasteiger charge is 2.22. The SMILES string of the molecule is CCCCN1C=C2SCC(=O)C=C2C1. The lowest BCUT2D eigenvalue weighted by atomic mass is 10.2. The van der Waals surface area contributed by atoms with E-state index in [0.717, 1.165) is 13.1 Å². The lowest BCUT2D eigenvalue weighted by Crippen LogP contribution is -2.16. The monoisotopic (exact) mass is 209 g/mol. The van der Waals surface area contributed by atoms with E-state index < -0.39 is 0 Å². The maximum absolute atomic E-state index is 11.2. The summed E-state index contributed by atoms with van der Waals surface area (Å²) in [6.07, 6.45) is 6.48. The predicted octanol–water partition coefficient (Wildman–Crippen LogP) is 2.19. The highest BCUT2D eigenvalue weighted by molar-refractivity contribution is 8.04. The molecular formula is C11H15NOS. The van der Waals surface area contributed by atoms with Crippen molar-refractivity contribution < 1.29 is 4.79 Å². The summed E-state index contributed by atoms with van der Waals surface area (Å²) in [6.45, 7) is 4.26. The van der Waals surface area contributed by atoms with Crippen LogP contribution in [0.15, 0.2) is 22.8 Å². The van der Waals surface area contributed by atoms with E-state index in [-0.39, 0.29) is 5.78 Å². The summed E-state index contributed by atoms with van der Waals surface area (Å²) in [5.41, 5.74) is 1.22. The first-order valence-corrected chi connectivity index (χ1v) is 6.10. The summed E-state index contributed by atoms with van der Waals surface area (Å²) >= 11 is 1.68. The minimum atomic E-state index is 0.263. The molecule has 0 saturated heterocycles. The van der Waals surface area contributed by atoms with Gasteiger partial charge in [-0.15, -0.1) is 11.8 Å². The van der Waals surface area contributed by atoms with E-state index in [1.54, 1.807) is 11.8 Å². The fourth-order valence-corrected chi connectivity index (χ4v) is 2.64. The van der Waals surface area contributed by atoms with E-state index in [1.165, 1.54) is 23.3 Å². The molecule has 2 rings (SSSR count). The van der Waals surface area contributed by atoms with Gasteiger partial charge in [-0.1, -0.05) is 13.3 Å². The molecule has 0 radical (unpaired) electrons. The average molecular weight is 209 g/mol. The molecule has 14 heavy (non-hydrogen) atoms. The Balaban J connectivity index is 2.01.